The number of nitrogens with zero attached hydrogens (tertiary/aromatic N) is 3. The first-order chi connectivity index (χ1) is 10.9. The molecule has 2 aromatic carbocycles. The van der Waals surface area contributed by atoms with Gasteiger partial charge in [-0.2, -0.15) is 0 Å². The predicted molar refractivity (Wildman–Crippen MR) is 90.7 cm³/mol. The van der Waals surface area contributed by atoms with Gasteiger partial charge in [0.25, 0.3) is 0 Å². The van der Waals surface area contributed by atoms with Crippen LogP contribution < -0.4 is 0 Å². The molecule has 0 saturated carbocycles. The molecule has 1 aliphatic heterocycles. The van der Waals surface area contributed by atoms with Crippen molar-refractivity contribution in [1.29, 1.82) is 0 Å². The quantitative estimate of drug-likeness (QED) is 0.839. The van der Waals surface area contributed by atoms with Gasteiger partial charge in [-0.3, -0.25) is 4.90 Å². The first-order valence-electron chi connectivity index (χ1n) is 7.93. The fourth-order valence-corrected chi connectivity index (χ4v) is 2.70. The van der Waals surface area contributed by atoms with Crippen molar-refractivity contribution in [3.8, 4) is 6.07 Å². The highest BCUT2D eigenvalue weighted by atomic mass is 15.4. The molecule has 0 spiro atoms. The van der Waals surface area contributed by atoms with Crippen LogP contribution in [0.15, 0.2) is 60.7 Å². The van der Waals surface area contributed by atoms with Crippen LogP contribution >= 0.6 is 0 Å². The van der Waals surface area contributed by atoms with Gasteiger partial charge in [0.1, 0.15) is 12.1 Å². The molecule has 1 fully saturated rings. The Balaban J connectivity index is 1.55. The number of benzene rings is 2. The van der Waals surface area contributed by atoms with Crippen molar-refractivity contribution in [1.82, 2.24) is 9.91 Å². The fourth-order valence-electron chi connectivity index (χ4n) is 2.70. The molecule has 1 aliphatic rings. The SMILES string of the molecule is C(#[N+]N1CCCN(Cc2ccccc2)CC1)c1ccccc1. The summed E-state index contributed by atoms with van der Waals surface area (Å²) in [7, 11) is 0. The number of rotatable bonds is 2. The zero-order chi connectivity index (χ0) is 15.0. The van der Waals surface area contributed by atoms with E-state index in [0.29, 0.717) is 0 Å². The minimum absolute atomic E-state index is 0.965. The molecule has 0 radical (unpaired) electrons. The van der Waals surface area contributed by atoms with Gasteiger partial charge in [-0.15, -0.1) is 0 Å². The Hall–Kier alpha value is -2.31. The molecule has 0 aliphatic carbocycles. The molecule has 0 unspecified atom stereocenters. The molecule has 1 heterocycles. The normalized spacial score (nSPS) is 15.7. The second-order valence-corrected chi connectivity index (χ2v) is 5.65. The van der Waals surface area contributed by atoms with Gasteiger partial charge >= 0.3 is 6.07 Å². The van der Waals surface area contributed by atoms with E-state index in [0.717, 1.165) is 44.7 Å². The Morgan fingerprint density at radius 3 is 2.32 bits per heavy atom. The van der Waals surface area contributed by atoms with E-state index in [1.54, 1.807) is 0 Å². The summed E-state index contributed by atoms with van der Waals surface area (Å²) in [6.45, 7) is 5.18. The first-order valence-corrected chi connectivity index (χ1v) is 7.93. The lowest BCUT2D eigenvalue weighted by Crippen LogP contribution is -2.27. The van der Waals surface area contributed by atoms with Crippen LogP contribution in [0.1, 0.15) is 17.5 Å². The highest BCUT2D eigenvalue weighted by Gasteiger charge is 2.18. The Morgan fingerprint density at radius 1 is 0.818 bits per heavy atom. The molecule has 3 rings (SSSR count). The summed E-state index contributed by atoms with van der Waals surface area (Å²) in [6.07, 6.45) is 1.15. The lowest BCUT2D eigenvalue weighted by molar-refractivity contribution is 0.274. The van der Waals surface area contributed by atoms with E-state index in [9.17, 15) is 0 Å². The smallest absolute Gasteiger partial charge is 0.297 e. The van der Waals surface area contributed by atoms with Gasteiger partial charge in [0.15, 0.2) is 0 Å². The summed E-state index contributed by atoms with van der Waals surface area (Å²) in [6, 6.07) is 23.9. The van der Waals surface area contributed by atoms with E-state index in [2.05, 4.69) is 51.3 Å². The molecule has 22 heavy (non-hydrogen) atoms. The second kappa shape index (κ2) is 7.63. The van der Waals surface area contributed by atoms with Crippen LogP contribution in [0.5, 0.6) is 0 Å². The van der Waals surface area contributed by atoms with E-state index in [-0.39, 0.29) is 0 Å². The predicted octanol–water partition coefficient (Wildman–Crippen LogP) is 3.49. The molecule has 2 aromatic rings. The van der Waals surface area contributed by atoms with Crippen LogP contribution in [0.3, 0.4) is 0 Å². The van der Waals surface area contributed by atoms with Gasteiger partial charge in [0, 0.05) is 19.6 Å². The summed E-state index contributed by atoms with van der Waals surface area (Å²) in [5.41, 5.74) is 2.42. The van der Waals surface area contributed by atoms with E-state index in [4.69, 9.17) is 0 Å². The number of hydrogen-bond acceptors (Lipinski definition) is 2. The summed E-state index contributed by atoms with van der Waals surface area (Å²) in [5.74, 6) is 0. The summed E-state index contributed by atoms with van der Waals surface area (Å²) in [4.78, 5) is 7.02. The highest BCUT2D eigenvalue weighted by Crippen LogP contribution is 2.09. The highest BCUT2D eigenvalue weighted by molar-refractivity contribution is 5.30. The third-order valence-corrected chi connectivity index (χ3v) is 3.91. The van der Waals surface area contributed by atoms with Crippen LogP contribution in [0.2, 0.25) is 0 Å². The van der Waals surface area contributed by atoms with E-state index < -0.39 is 0 Å². The minimum Gasteiger partial charge on any atom is -0.297 e. The molecule has 0 amide bonds. The monoisotopic (exact) mass is 292 g/mol. The second-order valence-electron chi connectivity index (χ2n) is 5.65. The first kappa shape index (κ1) is 14.6. The Labute approximate surface area is 132 Å². The third kappa shape index (κ3) is 4.34. The van der Waals surface area contributed by atoms with Gasteiger partial charge in [0.05, 0.1) is 11.5 Å². The molecule has 0 bridgehead atoms. The maximum absolute atomic E-state index is 4.51. The Morgan fingerprint density at radius 2 is 1.55 bits per heavy atom. The molecule has 1 saturated heterocycles. The van der Waals surface area contributed by atoms with Gasteiger partial charge in [0.2, 0.25) is 0 Å². The molecule has 0 atom stereocenters. The zero-order valence-electron chi connectivity index (χ0n) is 12.9. The standard InChI is InChI=1S/C19H22N3/c1-3-8-18(9-4-1)16-20-22-13-7-12-21(14-15-22)17-19-10-5-2-6-11-19/h1-6,8-11H,7,12-15,17H2/q+1. The summed E-state index contributed by atoms with van der Waals surface area (Å²) >= 11 is 0. The van der Waals surface area contributed by atoms with Crippen LogP contribution in [0.4, 0.5) is 0 Å². The molecule has 3 nitrogen and oxygen atoms in total. The van der Waals surface area contributed by atoms with Crippen molar-refractivity contribution in [3.05, 3.63) is 76.7 Å². The van der Waals surface area contributed by atoms with Crippen LogP contribution in [0.25, 0.3) is 4.95 Å². The molecular weight excluding hydrogens is 270 g/mol. The summed E-state index contributed by atoms with van der Waals surface area (Å²) in [5, 5.41) is 2.14. The van der Waals surface area contributed by atoms with Gasteiger partial charge in [-0.25, -0.2) is 0 Å². The van der Waals surface area contributed by atoms with Gasteiger partial charge < -0.3 is 0 Å². The Kier molecular flexibility index (Phi) is 5.07. The van der Waals surface area contributed by atoms with Crippen LogP contribution in [-0.2, 0) is 6.54 Å². The van der Waals surface area contributed by atoms with Crippen molar-refractivity contribution < 1.29 is 0 Å². The van der Waals surface area contributed by atoms with Crippen molar-refractivity contribution in [2.24, 2.45) is 0 Å². The maximum Gasteiger partial charge on any atom is 0.357 e. The van der Waals surface area contributed by atoms with Crippen molar-refractivity contribution in [2.75, 3.05) is 26.2 Å². The minimum atomic E-state index is 0.965. The van der Waals surface area contributed by atoms with Crippen molar-refractivity contribution in [3.63, 3.8) is 0 Å². The lowest BCUT2D eigenvalue weighted by Gasteiger charge is -2.18. The molecular formula is C19H22N3+. The summed E-state index contributed by atoms with van der Waals surface area (Å²) < 4.78 is 0. The van der Waals surface area contributed by atoms with Crippen molar-refractivity contribution >= 4 is 0 Å². The van der Waals surface area contributed by atoms with Gasteiger partial charge in [-0.1, -0.05) is 53.5 Å². The largest absolute Gasteiger partial charge is 0.357 e. The van der Waals surface area contributed by atoms with E-state index in [1.165, 1.54) is 5.56 Å². The zero-order valence-corrected chi connectivity index (χ0v) is 12.9. The van der Waals surface area contributed by atoms with Gasteiger partial charge in [-0.05, 0) is 24.1 Å². The Bertz CT molecular complexity index is 628. The molecule has 112 valence electrons. The third-order valence-electron chi connectivity index (χ3n) is 3.91. The fraction of sp³-hybridized carbons (Fsp3) is 0.316. The molecule has 0 aromatic heterocycles. The lowest BCUT2D eigenvalue weighted by atomic mass is 10.2. The molecule has 3 heteroatoms. The van der Waals surface area contributed by atoms with Crippen molar-refractivity contribution in [2.45, 2.75) is 13.0 Å². The van der Waals surface area contributed by atoms with Crippen LogP contribution in [-0.4, -0.2) is 36.1 Å². The maximum atomic E-state index is 4.51. The molecule has 0 N–H and O–H groups in total. The topological polar surface area (TPSA) is 10.8 Å². The van der Waals surface area contributed by atoms with Crippen LogP contribution in [0, 0.1) is 6.07 Å². The van der Waals surface area contributed by atoms with E-state index >= 15 is 0 Å². The number of hydrogen-bond donors (Lipinski definition) is 0. The average molecular weight is 292 g/mol. The van der Waals surface area contributed by atoms with E-state index in [1.807, 2.05) is 30.3 Å². The average Bonchev–Trinajstić information content (AvgIpc) is 2.80.